The van der Waals surface area contributed by atoms with Gasteiger partial charge in [0.05, 0.1) is 73.2 Å². The molecule has 0 saturated carbocycles. The molecule has 4 aliphatic heterocycles. The molecule has 0 spiro atoms. The van der Waals surface area contributed by atoms with Crippen LogP contribution in [-0.2, 0) is 126 Å². The lowest BCUT2D eigenvalue weighted by Gasteiger charge is -2.39. The van der Waals surface area contributed by atoms with Crippen LogP contribution < -0.4 is 96.0 Å². The Morgan fingerprint density at radius 1 is 0.647 bits per heavy atom. The number of quaternary nitrogens is 1. The number of carbonyl (C=O) groups is 18. The standard InChI is InChI=1S/C103H145N21O24S2/c1-60-20-17-22-72-69(58-110-85(60)72)55-78-93(137)111-73(23-13-15-39-107-62(3)126)91(135)121-88-98(142)116-76(51-64-26-31-71(32-27-64)148-43-19-41-109-83(131)34-33-75(90(134)120-86(61(2)125)96(140)115-78)112-97(141)87(101(5,6)149-150-102(88,7)8)119-84(132)35-44-145-48-49-147-47-42-124(10,11)12)92(136)113-77(52-65-25-28-68-54-70(128)30-29-67(68)50-65)95(139)122-103(36-45-146-46-37-103)100(144)118-74(24-14-16-40-108-63(4)127)89(133)114-79(56-81(104)129)94(138)117-80(53-66-21-18-38-106-57-66)99(143)123(9)59-82(105)130/h17-18,20-22,25-32,38,50,54,57-58,61,73-80,86-88,110,125H,13-16,19,23-24,33-37,39-49,51-53,55-56,59H2,1-12H3,(H19-,104,105,107,108,109,111,112,113,114,115,116,117,118,119,120,121,122,126,127,128,129,130,131,132,133,134,135,136,137,138,139,140,141,142,144)/p+1/t61-,73+,74+,75+,76+,77+,78+,79+,80+,86+,87-,88-/m1/s1. The van der Waals surface area contributed by atoms with Gasteiger partial charge in [-0.2, -0.15) is 0 Å². The number of aryl methyl sites for hydroxylation is 1. The summed E-state index contributed by atoms with van der Waals surface area (Å²) in [6.45, 7) is 12.4. The molecule has 818 valence electrons. The van der Waals surface area contributed by atoms with Crippen molar-refractivity contribution in [3.05, 3.63) is 137 Å². The minimum absolute atomic E-state index is 0.00238. The van der Waals surface area contributed by atoms with Crippen molar-refractivity contribution in [1.29, 1.82) is 0 Å². The number of nitrogens with zero attached hydrogens (tertiary/aromatic N) is 3. The van der Waals surface area contributed by atoms with Gasteiger partial charge < -0.3 is 135 Å². The Morgan fingerprint density at radius 3 is 1.97 bits per heavy atom. The predicted octanol–water partition coefficient (Wildman–Crippen LogP) is -0.428. The molecule has 47 heteroatoms. The maximum Gasteiger partial charge on any atom is 0.246 e. The van der Waals surface area contributed by atoms with E-state index in [0.717, 1.165) is 32.1 Å². The average Bonchev–Trinajstić information content (AvgIpc) is 1.01. The molecular formula is C103H146N21O24S2+. The summed E-state index contributed by atoms with van der Waals surface area (Å²) in [5.41, 5.74) is 12.3. The van der Waals surface area contributed by atoms with Crippen LogP contribution in [0.1, 0.15) is 160 Å². The lowest BCUT2D eigenvalue weighted by Crippen LogP contribution is -2.67. The maximum absolute atomic E-state index is 16.7. The fraction of sp³-hybridized carbons (Fsp3) is 0.544. The molecule has 0 unspecified atom stereocenters. The molecule has 4 bridgehead atoms. The monoisotopic (exact) mass is 2130 g/mol. The summed E-state index contributed by atoms with van der Waals surface area (Å²) in [6.07, 6.45) is -0.899. The van der Waals surface area contributed by atoms with Crippen LogP contribution in [0.5, 0.6) is 11.5 Å². The minimum atomic E-state index is -2.05. The van der Waals surface area contributed by atoms with Crippen LogP contribution in [0.15, 0.2) is 110 Å². The highest BCUT2D eigenvalue weighted by molar-refractivity contribution is 8.77. The van der Waals surface area contributed by atoms with Gasteiger partial charge in [-0.1, -0.05) is 82.3 Å². The Balaban J connectivity index is 1.16. The largest absolute Gasteiger partial charge is 0.508 e. The van der Waals surface area contributed by atoms with Crippen molar-refractivity contribution < 1.29 is 120 Å². The number of ether oxygens (including phenoxy) is 4. The van der Waals surface area contributed by atoms with Crippen molar-refractivity contribution in [1.82, 2.24) is 94.6 Å². The number of aromatic nitrogens is 2. The predicted molar refractivity (Wildman–Crippen MR) is 559 cm³/mol. The Bertz CT molecular complexity index is 5720. The molecule has 22 N–H and O–H groups in total. The van der Waals surface area contributed by atoms with Crippen LogP contribution in [0, 0.1) is 6.92 Å². The first kappa shape index (κ1) is 120. The van der Waals surface area contributed by atoms with Gasteiger partial charge >= 0.3 is 0 Å². The lowest BCUT2D eigenvalue weighted by molar-refractivity contribution is -0.870. The number of aromatic amines is 1. The number of aliphatic hydroxyl groups excluding tert-OH is 1. The number of nitrogens with two attached hydrogens (primary N) is 2. The van der Waals surface area contributed by atoms with Crippen LogP contribution in [0.2, 0.25) is 0 Å². The second-order valence-corrected chi connectivity index (χ2v) is 43.5. The van der Waals surface area contributed by atoms with E-state index < -0.39 is 221 Å². The minimum Gasteiger partial charge on any atom is -0.508 e. The lowest BCUT2D eigenvalue weighted by atomic mass is 9.87. The van der Waals surface area contributed by atoms with E-state index in [1.165, 1.54) is 52.3 Å². The van der Waals surface area contributed by atoms with E-state index in [0.29, 0.717) is 67.3 Å². The first-order valence-corrected chi connectivity index (χ1v) is 52.4. The number of amides is 18. The fourth-order valence-electron chi connectivity index (χ4n) is 17.1. The molecular weight excluding hydrogens is 1980 g/mol. The number of benzene rings is 4. The van der Waals surface area contributed by atoms with Crippen LogP contribution in [0.3, 0.4) is 0 Å². The van der Waals surface area contributed by atoms with Crippen LogP contribution in [0.25, 0.3) is 21.7 Å². The normalized spacial score (nSPS) is 20.2. The van der Waals surface area contributed by atoms with Gasteiger partial charge in [0.25, 0.3) is 0 Å². The molecule has 12 atom stereocenters. The van der Waals surface area contributed by atoms with E-state index in [2.05, 4.69) is 89.7 Å². The molecule has 150 heavy (non-hydrogen) atoms. The number of H-pyrrole nitrogens is 1. The van der Waals surface area contributed by atoms with E-state index >= 15 is 47.9 Å². The number of unbranched alkanes of at least 4 members (excludes halogenated alkanes) is 2. The highest BCUT2D eigenvalue weighted by Gasteiger charge is 2.49. The zero-order chi connectivity index (χ0) is 110. The zero-order valence-electron chi connectivity index (χ0n) is 87.0. The molecule has 10 rings (SSSR count). The Kier molecular flexibility index (Phi) is 45.9. The van der Waals surface area contributed by atoms with E-state index in [-0.39, 0.29) is 154 Å². The number of likely N-dealkylation sites (N-methyl/N-ethyl adjacent to an activating group) is 2. The number of aliphatic hydroxyl groups is 1. The van der Waals surface area contributed by atoms with Crippen molar-refractivity contribution in [2.24, 2.45) is 11.5 Å². The summed E-state index contributed by atoms with van der Waals surface area (Å²) in [5, 5.41) is 65.4. The first-order chi connectivity index (χ1) is 71.1. The zero-order valence-corrected chi connectivity index (χ0v) is 88.6. The van der Waals surface area contributed by atoms with Gasteiger partial charge in [-0.05, 0) is 162 Å². The molecule has 2 saturated heterocycles. The number of phenolic OH excluding ortho intramolecular Hbond substituents is 1. The molecule has 0 aliphatic carbocycles. The number of nitrogens with one attached hydrogen (secondary N) is 16. The third-order valence-electron chi connectivity index (χ3n) is 25.6. The molecule has 4 aromatic carbocycles. The number of hydrogen-bond acceptors (Lipinski definition) is 27. The van der Waals surface area contributed by atoms with E-state index in [9.17, 15) is 48.6 Å². The van der Waals surface area contributed by atoms with Gasteiger partial charge in [-0.15, -0.1) is 0 Å². The number of fused-ring (bicyclic) bond motifs is 14. The topological polar surface area (TPSA) is 649 Å². The molecule has 6 aromatic rings. The number of para-hydroxylation sites is 1. The number of aromatic hydroxyl groups is 1. The van der Waals surface area contributed by atoms with Crippen LogP contribution in [-0.4, -0.2) is 331 Å². The third kappa shape index (κ3) is 38.1. The van der Waals surface area contributed by atoms with Gasteiger partial charge in [0.1, 0.15) is 90.0 Å². The average molecular weight is 2130 g/mol. The van der Waals surface area contributed by atoms with E-state index in [4.69, 9.17) is 30.4 Å². The van der Waals surface area contributed by atoms with Crippen molar-refractivity contribution in [2.45, 2.75) is 252 Å². The summed E-state index contributed by atoms with van der Waals surface area (Å²) in [4.78, 5) is 273. The number of hydrogen-bond donors (Lipinski definition) is 20. The highest BCUT2D eigenvalue weighted by atomic mass is 33.1. The summed E-state index contributed by atoms with van der Waals surface area (Å²) in [5.74, 6) is -16.2. The summed E-state index contributed by atoms with van der Waals surface area (Å²) in [6, 6.07) is 5.36. The van der Waals surface area contributed by atoms with Gasteiger partial charge in [-0.25, -0.2) is 0 Å². The third-order valence-corrected chi connectivity index (χ3v) is 29.8. The number of pyridine rings is 1. The van der Waals surface area contributed by atoms with Crippen LogP contribution in [0.4, 0.5) is 0 Å². The SMILES string of the molecule is CC(=O)NCCCC[C@@H]1NC(=O)[C@H](Cc2c[nH]c3c(C)cccc23)NC(=O)[C@H]([C@@H](C)O)NC(=O)[C@@H]2CCC(=O)NCCCOc3ccc(cc3)C[C@@H](C(=O)N[C@@H](Cc3ccc4cc(O)ccc4c3)C(=O)NC3(C(=O)N[C@@H](CCCCNC(C)=O)C(=O)N[C@@H](CC(N)=O)C(=O)N[C@@H](Cc4cccnc4)C(=O)N(C)CC(N)=O)CCOCC3)NC(=O)[C@@H](NC1=O)C(C)(C)SSC(C)(C)[C@H](NC(=O)CCOCCOCC[N+](C)(C)C)C(=O)N2. The molecule has 4 aliphatic rings. The first-order valence-electron chi connectivity index (χ1n) is 50.3. The molecule has 45 nitrogen and oxygen atoms in total. The number of carbonyl (C=O) groups excluding carboxylic acids is 18. The Labute approximate surface area is 879 Å². The van der Waals surface area contributed by atoms with Crippen LogP contribution >= 0.6 is 21.6 Å². The van der Waals surface area contributed by atoms with Gasteiger partial charge in [0, 0.05) is 144 Å². The Hall–Kier alpha value is -13.6. The molecule has 2 aromatic heterocycles. The fourth-order valence-corrected chi connectivity index (χ4v) is 19.9. The van der Waals surface area contributed by atoms with Gasteiger partial charge in [0.15, 0.2) is 0 Å². The molecule has 6 heterocycles. The maximum atomic E-state index is 16.7. The van der Waals surface area contributed by atoms with Crippen molar-refractivity contribution in [3.8, 4) is 11.5 Å². The smallest absolute Gasteiger partial charge is 0.246 e. The number of phenols is 1. The quantitative estimate of drug-likeness (QED) is 0.0131. The Morgan fingerprint density at radius 2 is 1.30 bits per heavy atom. The summed E-state index contributed by atoms with van der Waals surface area (Å²) in [7, 11) is 9.14. The number of rotatable bonds is 42. The second-order valence-electron chi connectivity index (χ2n) is 40.0. The van der Waals surface area contributed by atoms with Crippen molar-refractivity contribution in [3.63, 3.8) is 0 Å². The van der Waals surface area contributed by atoms with Crippen molar-refractivity contribution >= 4 is 150 Å². The second kappa shape index (κ2) is 57.4. The van der Waals surface area contributed by atoms with E-state index in [1.807, 2.05) is 34.1 Å². The van der Waals surface area contributed by atoms with Gasteiger partial charge in [0.2, 0.25) is 106 Å². The van der Waals surface area contributed by atoms with E-state index in [1.54, 1.807) is 107 Å². The summed E-state index contributed by atoms with van der Waals surface area (Å²) >= 11 is 0. The summed E-state index contributed by atoms with van der Waals surface area (Å²) < 4.78 is 20.9. The molecule has 2 fully saturated rings. The van der Waals surface area contributed by atoms with Crippen molar-refractivity contribution in [2.75, 3.05) is 107 Å². The highest BCUT2D eigenvalue weighted by Crippen LogP contribution is 2.47. The number of primary amides is 2. The molecule has 0 radical (unpaired) electrons. The van der Waals surface area contributed by atoms with Gasteiger partial charge in [-0.3, -0.25) is 91.3 Å². The molecule has 18 amide bonds.